The van der Waals surface area contributed by atoms with Gasteiger partial charge in [-0.25, -0.2) is 37.7 Å². The SMILES string of the molecule is CC(C)N1C(=O)N(c2ccc(N3CCN(c4ccc(OC[C@H]5OC[C@](Cn6cncn6)(c6ccc(F)cc6F)O5)cc4)CC3)cc2)CC12OC(=O)C(O)C(O)C(=O)O2. The Morgan fingerprint density at radius 3 is 2.03 bits per heavy atom. The lowest BCUT2D eigenvalue weighted by Gasteiger charge is -2.37. The largest absolute Gasteiger partial charge is 0.488 e. The van der Waals surface area contributed by atoms with E-state index >= 15 is 0 Å². The number of urea groups is 1. The van der Waals surface area contributed by atoms with E-state index in [4.69, 9.17) is 23.7 Å². The van der Waals surface area contributed by atoms with Gasteiger partial charge in [-0.05, 0) is 68.4 Å². The molecule has 8 rings (SSSR count). The molecule has 1 aromatic heterocycles. The van der Waals surface area contributed by atoms with E-state index in [9.17, 15) is 33.4 Å². The van der Waals surface area contributed by atoms with Gasteiger partial charge in [0.1, 0.15) is 48.8 Å². The lowest BCUT2D eigenvalue weighted by molar-refractivity contribution is -0.262. The van der Waals surface area contributed by atoms with Gasteiger partial charge in [0.2, 0.25) is 0 Å². The molecule has 4 saturated heterocycles. The monoisotopic (exact) mass is 805 g/mol. The summed E-state index contributed by atoms with van der Waals surface area (Å²) in [7, 11) is 0. The van der Waals surface area contributed by atoms with E-state index in [2.05, 4.69) is 19.9 Å². The Labute approximate surface area is 330 Å². The average Bonchev–Trinajstić information content (AvgIpc) is 3.94. The summed E-state index contributed by atoms with van der Waals surface area (Å²) in [6, 6.07) is 17.0. The summed E-state index contributed by atoms with van der Waals surface area (Å²) in [5, 5.41) is 24.1. The van der Waals surface area contributed by atoms with Gasteiger partial charge in [-0.15, -0.1) is 0 Å². The highest BCUT2D eigenvalue weighted by atomic mass is 19.1. The highest BCUT2D eigenvalue weighted by Crippen LogP contribution is 2.39. The zero-order chi connectivity index (χ0) is 40.8. The van der Waals surface area contributed by atoms with Gasteiger partial charge in [0, 0.05) is 60.9 Å². The molecular weight excluding hydrogens is 764 g/mol. The maximum atomic E-state index is 15.0. The third-order valence-corrected chi connectivity index (χ3v) is 10.5. The fourth-order valence-electron chi connectivity index (χ4n) is 7.67. The van der Waals surface area contributed by atoms with Crippen LogP contribution in [0.15, 0.2) is 79.4 Å². The van der Waals surface area contributed by atoms with Gasteiger partial charge in [0.05, 0.1) is 13.2 Å². The number of piperazine rings is 1. The van der Waals surface area contributed by atoms with Crippen molar-refractivity contribution in [1.82, 2.24) is 19.7 Å². The van der Waals surface area contributed by atoms with Crippen molar-refractivity contribution in [1.29, 1.82) is 0 Å². The maximum Gasteiger partial charge on any atom is 0.365 e. The second-order valence-corrected chi connectivity index (χ2v) is 14.6. The van der Waals surface area contributed by atoms with Crippen molar-refractivity contribution >= 4 is 35.0 Å². The van der Waals surface area contributed by atoms with Gasteiger partial charge in [0.25, 0.3) is 0 Å². The molecule has 0 radical (unpaired) electrons. The Morgan fingerprint density at radius 2 is 1.47 bits per heavy atom. The number of halogens is 2. The Balaban J connectivity index is 0.856. The van der Waals surface area contributed by atoms with Crippen LogP contribution in [0, 0.1) is 11.6 Å². The highest BCUT2D eigenvalue weighted by molar-refractivity contribution is 5.97. The number of hydrogen-bond donors (Lipinski definition) is 2. The van der Waals surface area contributed by atoms with Crippen LogP contribution in [-0.4, -0.2) is 124 Å². The van der Waals surface area contributed by atoms with Crippen LogP contribution in [0.5, 0.6) is 5.75 Å². The van der Waals surface area contributed by atoms with Gasteiger partial charge in [0.15, 0.2) is 18.5 Å². The zero-order valence-electron chi connectivity index (χ0n) is 31.5. The number of amides is 2. The quantitative estimate of drug-likeness (QED) is 0.223. The van der Waals surface area contributed by atoms with Gasteiger partial charge < -0.3 is 43.7 Å². The molecule has 4 aliphatic rings. The normalized spacial score (nSPS) is 26.4. The Hall–Kier alpha value is -5.89. The molecule has 2 N–H and O–H groups in total. The predicted molar refractivity (Wildman–Crippen MR) is 198 cm³/mol. The summed E-state index contributed by atoms with van der Waals surface area (Å²) >= 11 is 0. The van der Waals surface area contributed by atoms with E-state index in [1.165, 1.54) is 34.4 Å². The van der Waals surface area contributed by atoms with Crippen LogP contribution in [0.3, 0.4) is 0 Å². The standard InChI is InChI=1S/C39H41F2N7O10/c1-24(2)48-37(53)47(20-39(48)57-35(51)33(49)34(50)36(52)58-39)28-6-4-26(5-7-28)44-13-15-45(16-14-44)27-8-10-29(11-9-27)54-18-32-55-21-38(56-32,19-46-23-42-22-43-46)30-12-3-25(40)17-31(30)41/h3-12,17,22-24,32-34,49-50H,13-16,18-21H2,1-2H3/t32-,33?,34?,38+,39?/m0/s1. The molecule has 1 spiro atoms. The lowest BCUT2D eigenvalue weighted by Crippen LogP contribution is -2.55. The van der Waals surface area contributed by atoms with Crippen LogP contribution < -0.4 is 19.4 Å². The number of nitrogens with zero attached hydrogens (tertiary/aromatic N) is 7. The van der Waals surface area contributed by atoms with E-state index in [-0.39, 0.29) is 31.9 Å². The summed E-state index contributed by atoms with van der Waals surface area (Å²) in [5.41, 5.74) is 1.27. The second kappa shape index (κ2) is 15.5. The third kappa shape index (κ3) is 7.36. The highest BCUT2D eigenvalue weighted by Gasteiger charge is 2.61. The van der Waals surface area contributed by atoms with Crippen molar-refractivity contribution in [3.8, 4) is 5.75 Å². The van der Waals surface area contributed by atoms with Crippen LogP contribution >= 0.6 is 0 Å². The molecule has 4 aliphatic heterocycles. The first-order valence-electron chi connectivity index (χ1n) is 18.7. The number of aromatic nitrogens is 3. The molecule has 2 unspecified atom stereocenters. The maximum absolute atomic E-state index is 15.0. The van der Waals surface area contributed by atoms with Gasteiger partial charge in [-0.3, -0.25) is 4.90 Å². The van der Waals surface area contributed by atoms with Crippen molar-refractivity contribution in [3.63, 3.8) is 0 Å². The first kappa shape index (κ1) is 39.0. The molecule has 58 heavy (non-hydrogen) atoms. The number of aliphatic hydroxyl groups excluding tert-OH is 2. The van der Waals surface area contributed by atoms with E-state index < -0.39 is 65.7 Å². The van der Waals surface area contributed by atoms with Gasteiger partial charge in [-0.2, -0.15) is 5.10 Å². The molecule has 4 aromatic rings. The van der Waals surface area contributed by atoms with Crippen LogP contribution in [0.25, 0.3) is 0 Å². The smallest absolute Gasteiger partial charge is 0.365 e. The number of aliphatic hydroxyl groups is 2. The average molecular weight is 806 g/mol. The van der Waals surface area contributed by atoms with E-state index in [0.717, 1.165) is 35.4 Å². The summed E-state index contributed by atoms with van der Waals surface area (Å²) in [6.45, 7) is 5.93. The summed E-state index contributed by atoms with van der Waals surface area (Å²) in [6.07, 6.45) is -2.29. The third-order valence-electron chi connectivity index (χ3n) is 10.5. The van der Waals surface area contributed by atoms with Crippen LogP contribution in [0.1, 0.15) is 19.4 Å². The molecule has 0 aliphatic carbocycles. The summed E-state index contributed by atoms with van der Waals surface area (Å²) in [4.78, 5) is 49.5. The minimum absolute atomic E-state index is 0.00955. The summed E-state index contributed by atoms with van der Waals surface area (Å²) < 4.78 is 59.0. The number of benzene rings is 3. The van der Waals surface area contributed by atoms with Crippen molar-refractivity contribution in [2.45, 2.75) is 56.4 Å². The van der Waals surface area contributed by atoms with E-state index in [0.29, 0.717) is 24.5 Å². The zero-order valence-corrected chi connectivity index (χ0v) is 31.5. The molecule has 0 bridgehead atoms. The molecule has 306 valence electrons. The number of anilines is 3. The molecule has 19 heteroatoms. The van der Waals surface area contributed by atoms with Crippen molar-refractivity contribution in [2.24, 2.45) is 0 Å². The predicted octanol–water partition coefficient (Wildman–Crippen LogP) is 2.36. The van der Waals surface area contributed by atoms with Crippen LogP contribution in [0.4, 0.5) is 30.6 Å². The van der Waals surface area contributed by atoms with E-state index in [1.54, 1.807) is 26.0 Å². The number of carbonyl (C=O) groups is 3. The topological polar surface area (TPSA) is 181 Å². The molecule has 4 fully saturated rings. The minimum Gasteiger partial charge on any atom is -0.488 e. The van der Waals surface area contributed by atoms with Crippen molar-refractivity contribution in [2.75, 3.05) is 60.6 Å². The molecule has 5 heterocycles. The molecular formula is C39H41F2N7O10. The number of carbonyl (C=O) groups excluding carboxylic acids is 3. The molecule has 0 saturated carbocycles. The fraction of sp³-hybridized carbons (Fsp3) is 0.410. The first-order chi connectivity index (χ1) is 27.8. The Bertz CT molecular complexity index is 2110. The molecule has 17 nitrogen and oxygen atoms in total. The second-order valence-electron chi connectivity index (χ2n) is 14.6. The first-order valence-corrected chi connectivity index (χ1v) is 18.7. The summed E-state index contributed by atoms with van der Waals surface area (Å²) in [5.74, 6) is -5.61. The molecule has 3 aromatic carbocycles. The van der Waals surface area contributed by atoms with Crippen LogP contribution in [-0.2, 0) is 40.7 Å². The van der Waals surface area contributed by atoms with Crippen molar-refractivity contribution < 1.29 is 57.1 Å². The van der Waals surface area contributed by atoms with Crippen LogP contribution in [0.2, 0.25) is 0 Å². The van der Waals surface area contributed by atoms with E-state index in [1.807, 2.05) is 36.4 Å². The number of hydrogen-bond acceptors (Lipinski definition) is 14. The number of ether oxygens (including phenoxy) is 5. The van der Waals surface area contributed by atoms with Crippen molar-refractivity contribution in [3.05, 3.63) is 96.6 Å². The van der Waals surface area contributed by atoms with Gasteiger partial charge >= 0.3 is 23.9 Å². The number of rotatable bonds is 10. The molecule has 2 amide bonds. The Kier molecular flexibility index (Phi) is 10.4. The Morgan fingerprint density at radius 1 is 0.862 bits per heavy atom. The fourth-order valence-corrected chi connectivity index (χ4v) is 7.67. The minimum atomic E-state index is -2.17. The number of esters is 2. The lowest BCUT2D eigenvalue weighted by atomic mass is 9.94. The van der Waals surface area contributed by atoms with Gasteiger partial charge in [-0.1, -0.05) is 6.07 Å². The molecule has 4 atom stereocenters.